The minimum Gasteiger partial charge on any atom is -0.501 e. The molecule has 4 heterocycles. The summed E-state index contributed by atoms with van der Waals surface area (Å²) in [5, 5.41) is 9.16. The Bertz CT molecular complexity index is 1450. The van der Waals surface area contributed by atoms with E-state index in [0.29, 0.717) is 41.2 Å². The zero-order chi connectivity index (χ0) is 27.6. The highest BCUT2D eigenvalue weighted by atomic mass is 32.2. The van der Waals surface area contributed by atoms with Gasteiger partial charge in [0, 0.05) is 62.3 Å². The number of rotatable bonds is 10. The highest BCUT2D eigenvalue weighted by molar-refractivity contribution is 7.91. The Kier molecular flexibility index (Phi) is 8.72. The van der Waals surface area contributed by atoms with E-state index in [-0.39, 0.29) is 6.04 Å². The molecule has 1 atom stereocenters. The molecule has 1 saturated heterocycles. The molecule has 0 bridgehead atoms. The number of sulfonamides is 1. The molecule has 0 amide bonds. The van der Waals surface area contributed by atoms with Gasteiger partial charge in [0.2, 0.25) is 0 Å². The lowest BCUT2D eigenvalue weighted by Gasteiger charge is -2.35. The molecule has 10 nitrogen and oxygen atoms in total. The fraction of sp³-hybridized carbons (Fsp3) is 0.480. The Morgan fingerprint density at radius 1 is 1.24 bits per heavy atom. The highest BCUT2D eigenvalue weighted by Gasteiger charge is 2.32. The first-order chi connectivity index (χ1) is 18.1. The van der Waals surface area contributed by atoms with Crippen molar-refractivity contribution < 1.29 is 13.2 Å². The maximum Gasteiger partial charge on any atom is 0.254 e. The first-order valence-electron chi connectivity index (χ1n) is 12.3. The fourth-order valence-electron chi connectivity index (χ4n) is 4.62. The smallest absolute Gasteiger partial charge is 0.254 e. The van der Waals surface area contributed by atoms with E-state index >= 15 is 0 Å². The van der Waals surface area contributed by atoms with E-state index in [1.807, 2.05) is 13.8 Å². The van der Waals surface area contributed by atoms with Crippen molar-refractivity contribution in [1.82, 2.24) is 24.2 Å². The first kappa shape index (κ1) is 28.4. The summed E-state index contributed by atoms with van der Waals surface area (Å²) in [5.41, 5.74) is 4.27. The number of hydrogen-bond acceptors (Lipinski definition) is 11. The van der Waals surface area contributed by atoms with Gasteiger partial charge in [-0.25, -0.2) is 23.4 Å². The van der Waals surface area contributed by atoms with Crippen molar-refractivity contribution in [2.24, 2.45) is 0 Å². The number of piperazine rings is 1. The summed E-state index contributed by atoms with van der Waals surface area (Å²) in [6, 6.07) is 0.0978. The van der Waals surface area contributed by atoms with Crippen molar-refractivity contribution in [3.63, 3.8) is 0 Å². The van der Waals surface area contributed by atoms with Crippen LogP contribution in [0.2, 0.25) is 0 Å². The Hall–Kier alpha value is -2.58. The normalized spacial score (nSPS) is 16.8. The van der Waals surface area contributed by atoms with Crippen molar-refractivity contribution in [3.05, 3.63) is 40.9 Å². The number of nitrogens with one attached hydrogen (secondary N) is 2. The van der Waals surface area contributed by atoms with Gasteiger partial charge in [-0.1, -0.05) is 17.9 Å². The number of fused-ring (bicyclic) bond motifs is 1. The summed E-state index contributed by atoms with van der Waals surface area (Å²) in [4.78, 5) is 15.7. The maximum absolute atomic E-state index is 13.2. The van der Waals surface area contributed by atoms with Crippen LogP contribution in [0, 0.1) is 6.92 Å². The lowest BCUT2D eigenvalue weighted by atomic mass is 10.0. The Balaban J connectivity index is 1.42. The molecule has 1 aliphatic rings. The molecule has 3 aromatic heterocycles. The van der Waals surface area contributed by atoms with Gasteiger partial charge in [0.1, 0.15) is 17.9 Å². The van der Waals surface area contributed by atoms with Gasteiger partial charge in [0.15, 0.2) is 9.34 Å². The predicted molar refractivity (Wildman–Crippen MR) is 157 cm³/mol. The number of hydrogen-bond donors (Lipinski definition) is 2. The number of nitrogens with zero attached hydrogens (tertiary/aromatic N) is 5. The number of allylic oxidation sites excluding steroid dienone is 3. The second kappa shape index (κ2) is 11.7. The van der Waals surface area contributed by atoms with Crippen LogP contribution in [0.4, 0.5) is 10.9 Å². The van der Waals surface area contributed by atoms with Gasteiger partial charge in [-0.3, -0.25) is 4.90 Å². The van der Waals surface area contributed by atoms with Gasteiger partial charge < -0.3 is 15.4 Å². The summed E-state index contributed by atoms with van der Waals surface area (Å²) >= 11 is 2.77. The average Bonchev–Trinajstić information content (AvgIpc) is 3.48. The number of thiophene rings is 1. The molecular formula is C25H35N7O3S3. The molecular weight excluding hydrogens is 543 g/mol. The highest BCUT2D eigenvalue weighted by Crippen LogP contribution is 2.37. The van der Waals surface area contributed by atoms with Crippen LogP contribution in [0.1, 0.15) is 32.0 Å². The average molecular weight is 578 g/mol. The molecule has 3 aromatic rings. The molecule has 0 radical (unpaired) electrons. The fourth-order valence-corrected chi connectivity index (χ4v) is 8.51. The minimum absolute atomic E-state index is 0.0978. The van der Waals surface area contributed by atoms with Crippen LogP contribution in [-0.2, 0) is 14.8 Å². The molecule has 1 aliphatic heterocycles. The second-order valence-corrected chi connectivity index (χ2v) is 13.4. The van der Waals surface area contributed by atoms with Gasteiger partial charge in [-0.2, -0.15) is 4.31 Å². The summed E-state index contributed by atoms with van der Waals surface area (Å²) in [6.45, 7) is 14.8. The Morgan fingerprint density at radius 2 is 1.95 bits per heavy atom. The van der Waals surface area contributed by atoms with E-state index in [1.165, 1.54) is 11.3 Å². The third-order valence-corrected chi connectivity index (χ3v) is 11.1. The van der Waals surface area contributed by atoms with Gasteiger partial charge in [-0.15, -0.1) is 11.3 Å². The van der Waals surface area contributed by atoms with Gasteiger partial charge in [0.25, 0.3) is 10.0 Å². The SMILES string of the molecule is C=C(C)/C(=C(/C)OC)c1csc2c(N[C@@H](C)CN3CCN(S(=O)(=O)c4sc(NC)nc4C)CC3)ncnc12. The number of aryl methyl sites for hydroxylation is 1. The van der Waals surface area contributed by atoms with Crippen molar-refractivity contribution >= 4 is 59.4 Å². The summed E-state index contributed by atoms with van der Waals surface area (Å²) in [5.74, 6) is 1.59. The van der Waals surface area contributed by atoms with E-state index in [9.17, 15) is 8.42 Å². The Morgan fingerprint density at radius 3 is 2.55 bits per heavy atom. The second-order valence-electron chi connectivity index (χ2n) is 9.36. The minimum atomic E-state index is -3.55. The van der Waals surface area contributed by atoms with Crippen LogP contribution < -0.4 is 10.6 Å². The number of anilines is 2. The van der Waals surface area contributed by atoms with Crippen LogP contribution in [0.5, 0.6) is 0 Å². The van der Waals surface area contributed by atoms with E-state index in [4.69, 9.17) is 4.74 Å². The largest absolute Gasteiger partial charge is 0.501 e. The molecule has 1 fully saturated rings. The van der Waals surface area contributed by atoms with Gasteiger partial charge in [0.05, 0.1) is 23.0 Å². The molecule has 0 saturated carbocycles. The molecule has 206 valence electrons. The summed E-state index contributed by atoms with van der Waals surface area (Å²) in [6.07, 6.45) is 1.58. The van der Waals surface area contributed by atoms with E-state index < -0.39 is 10.0 Å². The van der Waals surface area contributed by atoms with Gasteiger partial charge >= 0.3 is 0 Å². The predicted octanol–water partition coefficient (Wildman–Crippen LogP) is 4.26. The van der Waals surface area contributed by atoms with Crippen LogP contribution in [0.3, 0.4) is 0 Å². The van der Waals surface area contributed by atoms with Crippen LogP contribution >= 0.6 is 22.7 Å². The van der Waals surface area contributed by atoms with Crippen molar-refractivity contribution in [2.75, 3.05) is 57.5 Å². The monoisotopic (exact) mass is 577 g/mol. The summed E-state index contributed by atoms with van der Waals surface area (Å²) in [7, 11) is -0.153. The summed E-state index contributed by atoms with van der Waals surface area (Å²) < 4.78 is 34.8. The molecule has 38 heavy (non-hydrogen) atoms. The molecule has 0 spiro atoms. The molecule has 4 rings (SSSR count). The van der Waals surface area contributed by atoms with Crippen LogP contribution in [0.25, 0.3) is 15.8 Å². The van der Waals surface area contributed by atoms with Crippen molar-refractivity contribution in [1.29, 1.82) is 0 Å². The lowest BCUT2D eigenvalue weighted by Crippen LogP contribution is -2.50. The van der Waals surface area contributed by atoms with E-state index in [1.54, 1.807) is 43.1 Å². The molecule has 13 heteroatoms. The zero-order valence-electron chi connectivity index (χ0n) is 22.7. The van der Waals surface area contributed by atoms with Crippen LogP contribution in [-0.4, -0.2) is 85.5 Å². The van der Waals surface area contributed by atoms with Crippen molar-refractivity contribution in [2.45, 2.75) is 37.9 Å². The third kappa shape index (κ3) is 5.71. The molecule has 2 N–H and O–H groups in total. The number of thiazole rings is 1. The number of aromatic nitrogens is 3. The van der Waals surface area contributed by atoms with E-state index in [2.05, 4.69) is 49.4 Å². The Labute approximate surface area is 232 Å². The lowest BCUT2D eigenvalue weighted by molar-refractivity contribution is 0.184. The topological polar surface area (TPSA) is 113 Å². The zero-order valence-corrected chi connectivity index (χ0v) is 25.1. The van der Waals surface area contributed by atoms with Crippen molar-refractivity contribution in [3.8, 4) is 0 Å². The quantitative estimate of drug-likeness (QED) is 0.270. The van der Waals surface area contributed by atoms with Crippen LogP contribution in [0.15, 0.2) is 33.8 Å². The van der Waals surface area contributed by atoms with Gasteiger partial charge in [-0.05, 0) is 33.3 Å². The number of ether oxygens (including phenoxy) is 1. The number of methoxy groups -OCH3 is 1. The molecule has 0 unspecified atom stereocenters. The molecule has 0 aliphatic carbocycles. The maximum atomic E-state index is 13.2. The van der Waals surface area contributed by atoms with E-state index in [0.717, 1.165) is 45.0 Å². The standard InChI is InChI=1S/C25H35N7O3S3/c1-15(2)20(18(5)35-7)19-13-36-22-21(19)27-14-28-23(22)29-16(3)12-31-8-10-32(11-9-31)38(33,34)24-17(4)30-25(26-6)37-24/h13-14,16H,1,8-12H2,2-7H3,(H,26,30)(H,27,28,29)/b20-18+/t16-/m0/s1. The third-order valence-electron chi connectivity index (χ3n) is 6.50. The first-order valence-corrected chi connectivity index (χ1v) is 15.5. The molecule has 0 aromatic carbocycles.